The van der Waals surface area contributed by atoms with Crippen molar-refractivity contribution in [2.24, 2.45) is 0 Å². The minimum Gasteiger partial charge on any atom is -0.335 e. The number of rotatable bonds is 2. The number of benzene rings is 1. The summed E-state index contributed by atoms with van der Waals surface area (Å²) < 4.78 is 15.2. The lowest BCUT2D eigenvalue weighted by atomic mass is 9.99. The molecular weight excluding hydrogens is 321 g/mol. The van der Waals surface area contributed by atoms with Crippen LogP contribution < -0.4 is 0 Å². The van der Waals surface area contributed by atoms with Gasteiger partial charge in [-0.15, -0.1) is 0 Å². The van der Waals surface area contributed by atoms with E-state index < -0.39 is 0 Å². The fraction of sp³-hybridized carbons (Fsp3) is 0.222. The van der Waals surface area contributed by atoms with Gasteiger partial charge in [0.2, 0.25) is 5.91 Å². The molecule has 0 unspecified atom stereocenters. The van der Waals surface area contributed by atoms with Crippen molar-refractivity contribution >= 4 is 5.91 Å². The topological polar surface area (TPSA) is 63.9 Å². The molecule has 0 aliphatic carbocycles. The first kappa shape index (κ1) is 15.4. The number of carbonyl (C=O) groups excluding carboxylic acids is 1. The molecule has 7 heteroatoms. The van der Waals surface area contributed by atoms with E-state index in [0.717, 1.165) is 28.1 Å². The van der Waals surface area contributed by atoms with Crippen molar-refractivity contribution in [2.45, 2.75) is 20.0 Å². The van der Waals surface area contributed by atoms with Gasteiger partial charge in [-0.1, -0.05) is 0 Å². The average molecular weight is 337 g/mol. The third kappa shape index (κ3) is 2.77. The molecule has 126 valence electrons. The van der Waals surface area contributed by atoms with Crippen LogP contribution in [0.4, 0.5) is 4.39 Å². The maximum Gasteiger partial charge on any atom is 0.219 e. The van der Waals surface area contributed by atoms with Gasteiger partial charge in [-0.05, 0) is 30.3 Å². The molecular formula is C18H16FN5O. The summed E-state index contributed by atoms with van der Waals surface area (Å²) in [5.41, 5.74) is 4.32. The van der Waals surface area contributed by atoms with Crippen LogP contribution in [0.15, 0.2) is 42.7 Å². The molecule has 3 heterocycles. The standard InChI is InChI=1S/C18H16FN5O/c1-12(25)23-8-9-24-16(11-23)17(14-6-7-20-21-10-14)18(22-24)13-2-4-15(19)5-3-13/h2-7,10H,8-9,11H2,1H3. The summed E-state index contributed by atoms with van der Waals surface area (Å²) in [6, 6.07) is 8.13. The summed E-state index contributed by atoms with van der Waals surface area (Å²) in [6.07, 6.45) is 3.30. The van der Waals surface area contributed by atoms with Crippen molar-refractivity contribution in [3.63, 3.8) is 0 Å². The van der Waals surface area contributed by atoms with E-state index in [1.807, 2.05) is 10.7 Å². The lowest BCUT2D eigenvalue weighted by Crippen LogP contribution is -2.37. The Balaban J connectivity index is 1.90. The van der Waals surface area contributed by atoms with E-state index in [2.05, 4.69) is 10.2 Å². The highest BCUT2D eigenvalue weighted by atomic mass is 19.1. The van der Waals surface area contributed by atoms with Crippen LogP contribution in [0.3, 0.4) is 0 Å². The van der Waals surface area contributed by atoms with Gasteiger partial charge in [0.15, 0.2) is 0 Å². The van der Waals surface area contributed by atoms with Gasteiger partial charge in [-0.3, -0.25) is 9.48 Å². The highest BCUT2D eigenvalue weighted by molar-refractivity contribution is 5.83. The van der Waals surface area contributed by atoms with Crippen LogP contribution in [0.1, 0.15) is 12.6 Å². The Labute approximate surface area is 143 Å². The van der Waals surface area contributed by atoms with Gasteiger partial charge in [-0.25, -0.2) is 4.39 Å². The number of halogens is 1. The molecule has 0 spiro atoms. The highest BCUT2D eigenvalue weighted by Gasteiger charge is 2.26. The monoisotopic (exact) mass is 337 g/mol. The number of carbonyl (C=O) groups is 1. The molecule has 6 nitrogen and oxygen atoms in total. The average Bonchev–Trinajstić information content (AvgIpc) is 3.01. The second kappa shape index (κ2) is 6.08. The number of amides is 1. The zero-order valence-corrected chi connectivity index (χ0v) is 13.7. The molecule has 0 bridgehead atoms. The van der Waals surface area contributed by atoms with Crippen LogP contribution in [-0.4, -0.2) is 37.3 Å². The number of aromatic nitrogens is 4. The van der Waals surface area contributed by atoms with Crippen LogP contribution in [0.2, 0.25) is 0 Å². The van der Waals surface area contributed by atoms with Gasteiger partial charge >= 0.3 is 0 Å². The first-order valence-corrected chi connectivity index (χ1v) is 8.01. The molecule has 1 aliphatic rings. The van der Waals surface area contributed by atoms with E-state index in [4.69, 9.17) is 5.10 Å². The van der Waals surface area contributed by atoms with Crippen LogP contribution in [0.25, 0.3) is 22.4 Å². The Kier molecular flexibility index (Phi) is 3.76. The summed E-state index contributed by atoms with van der Waals surface area (Å²) in [6.45, 7) is 3.31. The number of hydrogen-bond donors (Lipinski definition) is 0. The Morgan fingerprint density at radius 1 is 1.08 bits per heavy atom. The normalized spacial score (nSPS) is 13.6. The van der Waals surface area contributed by atoms with E-state index in [0.29, 0.717) is 19.6 Å². The second-order valence-electron chi connectivity index (χ2n) is 5.97. The Hall–Kier alpha value is -3.09. The Bertz CT molecular complexity index is 921. The molecule has 25 heavy (non-hydrogen) atoms. The predicted octanol–water partition coefficient (Wildman–Crippen LogP) is 2.51. The predicted molar refractivity (Wildman–Crippen MR) is 89.7 cm³/mol. The van der Waals surface area contributed by atoms with Crippen molar-refractivity contribution in [1.29, 1.82) is 0 Å². The molecule has 0 atom stereocenters. The van der Waals surface area contributed by atoms with E-state index in [1.54, 1.807) is 36.4 Å². The van der Waals surface area contributed by atoms with Crippen molar-refractivity contribution in [3.8, 4) is 22.4 Å². The van der Waals surface area contributed by atoms with Gasteiger partial charge in [0.1, 0.15) is 11.5 Å². The zero-order valence-electron chi connectivity index (χ0n) is 13.7. The summed E-state index contributed by atoms with van der Waals surface area (Å²) in [5, 5.41) is 12.5. The van der Waals surface area contributed by atoms with E-state index >= 15 is 0 Å². The van der Waals surface area contributed by atoms with Crippen molar-refractivity contribution < 1.29 is 9.18 Å². The number of fused-ring (bicyclic) bond motifs is 1. The minimum absolute atomic E-state index is 0.0367. The zero-order chi connectivity index (χ0) is 17.4. The largest absolute Gasteiger partial charge is 0.335 e. The van der Waals surface area contributed by atoms with Crippen LogP contribution >= 0.6 is 0 Å². The van der Waals surface area contributed by atoms with E-state index in [1.165, 1.54) is 12.1 Å². The van der Waals surface area contributed by atoms with Crippen LogP contribution in [0.5, 0.6) is 0 Å². The van der Waals surface area contributed by atoms with Crippen molar-refractivity contribution in [2.75, 3.05) is 6.54 Å². The van der Waals surface area contributed by atoms with Gasteiger partial charge < -0.3 is 4.90 Å². The molecule has 0 radical (unpaired) electrons. The summed E-state index contributed by atoms with van der Waals surface area (Å²) in [4.78, 5) is 13.6. The van der Waals surface area contributed by atoms with Gasteiger partial charge in [0.05, 0.1) is 31.2 Å². The highest BCUT2D eigenvalue weighted by Crippen LogP contribution is 2.36. The second-order valence-corrected chi connectivity index (χ2v) is 5.97. The van der Waals surface area contributed by atoms with Gasteiger partial charge in [-0.2, -0.15) is 15.3 Å². The quantitative estimate of drug-likeness (QED) is 0.721. The van der Waals surface area contributed by atoms with Crippen molar-refractivity contribution in [1.82, 2.24) is 24.9 Å². The first-order valence-electron chi connectivity index (χ1n) is 8.01. The molecule has 1 amide bonds. The lowest BCUT2D eigenvalue weighted by Gasteiger charge is -2.27. The molecule has 0 saturated carbocycles. The molecule has 0 N–H and O–H groups in total. The maximum absolute atomic E-state index is 13.3. The summed E-state index contributed by atoms with van der Waals surface area (Å²) in [5.74, 6) is -0.253. The van der Waals surface area contributed by atoms with E-state index in [9.17, 15) is 9.18 Å². The fourth-order valence-electron chi connectivity index (χ4n) is 3.14. The molecule has 1 aromatic carbocycles. The SMILES string of the molecule is CC(=O)N1CCn2nc(-c3ccc(F)cc3)c(-c3ccnnc3)c2C1. The fourth-order valence-corrected chi connectivity index (χ4v) is 3.14. The smallest absolute Gasteiger partial charge is 0.219 e. The molecule has 0 saturated heterocycles. The minimum atomic E-state index is -0.289. The Morgan fingerprint density at radius 3 is 2.56 bits per heavy atom. The van der Waals surface area contributed by atoms with E-state index in [-0.39, 0.29) is 11.7 Å². The molecule has 4 rings (SSSR count). The number of nitrogens with zero attached hydrogens (tertiary/aromatic N) is 5. The molecule has 2 aromatic heterocycles. The maximum atomic E-state index is 13.3. The van der Waals surface area contributed by atoms with Crippen molar-refractivity contribution in [3.05, 3.63) is 54.2 Å². The van der Waals surface area contributed by atoms with Gasteiger partial charge in [0.25, 0.3) is 0 Å². The Morgan fingerprint density at radius 2 is 1.88 bits per heavy atom. The van der Waals surface area contributed by atoms with Crippen LogP contribution in [0, 0.1) is 5.82 Å². The first-order chi connectivity index (χ1) is 12.1. The summed E-state index contributed by atoms with van der Waals surface area (Å²) >= 11 is 0. The third-order valence-electron chi connectivity index (χ3n) is 4.42. The summed E-state index contributed by atoms with van der Waals surface area (Å²) in [7, 11) is 0. The molecule has 3 aromatic rings. The number of hydrogen-bond acceptors (Lipinski definition) is 4. The third-order valence-corrected chi connectivity index (χ3v) is 4.42. The molecule has 0 fully saturated rings. The lowest BCUT2D eigenvalue weighted by molar-refractivity contribution is -0.130. The van der Waals surface area contributed by atoms with Crippen LogP contribution in [-0.2, 0) is 17.9 Å². The van der Waals surface area contributed by atoms with Gasteiger partial charge in [0, 0.05) is 30.2 Å². The molecule has 1 aliphatic heterocycles.